The van der Waals surface area contributed by atoms with Crippen molar-refractivity contribution in [2.75, 3.05) is 19.4 Å². The maximum Gasteiger partial charge on any atom is 0.416 e. The molecule has 3 rings (SSSR count). The summed E-state index contributed by atoms with van der Waals surface area (Å²) in [5, 5.41) is 2.76. The van der Waals surface area contributed by atoms with E-state index < -0.39 is 27.7 Å². The Balaban J connectivity index is 2.00. The summed E-state index contributed by atoms with van der Waals surface area (Å²) in [5.74, 6) is -0.507. The lowest BCUT2D eigenvalue weighted by atomic mass is 9.98. The minimum absolute atomic E-state index is 0.0434. The van der Waals surface area contributed by atoms with Gasteiger partial charge in [0, 0.05) is 25.3 Å². The van der Waals surface area contributed by atoms with Gasteiger partial charge in [0.1, 0.15) is 0 Å². The van der Waals surface area contributed by atoms with E-state index in [4.69, 9.17) is 0 Å². The zero-order chi connectivity index (χ0) is 24.6. The molecule has 0 saturated carbocycles. The summed E-state index contributed by atoms with van der Waals surface area (Å²) in [6.07, 6.45) is -4.46. The number of amides is 1. The number of nitrogens with zero attached hydrogens (tertiary/aromatic N) is 1. The summed E-state index contributed by atoms with van der Waals surface area (Å²) in [6, 6.07) is 14.0. The molecule has 0 aliphatic rings. The van der Waals surface area contributed by atoms with Crippen LogP contribution in [0, 0.1) is 13.8 Å². The van der Waals surface area contributed by atoms with E-state index in [9.17, 15) is 26.4 Å². The molecule has 5 nitrogen and oxygen atoms in total. The van der Waals surface area contributed by atoms with Gasteiger partial charge in [0.05, 0.1) is 10.5 Å². The number of anilines is 1. The minimum Gasteiger partial charge on any atom is -0.322 e. The van der Waals surface area contributed by atoms with Gasteiger partial charge < -0.3 is 5.32 Å². The SMILES string of the molecule is Cc1cc(S(=O)(=O)N(C)C)cc(NC(=O)c2ccccc2-c2ccc(C(F)(F)F)cc2)c1C. The molecule has 174 valence electrons. The molecule has 3 aromatic carbocycles. The Bertz CT molecular complexity index is 1300. The van der Waals surface area contributed by atoms with Gasteiger partial charge in [-0.05, 0) is 66.4 Å². The lowest BCUT2D eigenvalue weighted by Gasteiger charge is -2.17. The van der Waals surface area contributed by atoms with E-state index in [2.05, 4.69) is 5.32 Å². The van der Waals surface area contributed by atoms with Crippen molar-refractivity contribution >= 4 is 21.6 Å². The molecule has 1 N–H and O–H groups in total. The molecule has 0 heterocycles. The fourth-order valence-electron chi connectivity index (χ4n) is 3.28. The first-order valence-corrected chi connectivity index (χ1v) is 11.4. The van der Waals surface area contributed by atoms with Gasteiger partial charge in [-0.1, -0.05) is 30.3 Å². The van der Waals surface area contributed by atoms with E-state index in [1.54, 1.807) is 38.1 Å². The minimum atomic E-state index is -4.46. The molecule has 9 heteroatoms. The van der Waals surface area contributed by atoms with Crippen molar-refractivity contribution in [1.82, 2.24) is 4.31 Å². The number of hydrogen-bond donors (Lipinski definition) is 1. The fraction of sp³-hybridized carbons (Fsp3) is 0.208. The molecule has 1 amide bonds. The van der Waals surface area contributed by atoms with Gasteiger partial charge in [0.15, 0.2) is 0 Å². The highest BCUT2D eigenvalue weighted by Gasteiger charge is 2.30. The number of aryl methyl sites for hydroxylation is 1. The van der Waals surface area contributed by atoms with Gasteiger partial charge in [0.2, 0.25) is 10.0 Å². The standard InChI is InChI=1S/C24H23F3N2O3S/c1-15-13-19(33(31,32)29(3)4)14-22(16(15)2)28-23(30)21-8-6-5-7-20(21)17-9-11-18(12-10-17)24(25,26)27/h5-14H,1-4H3,(H,28,30). The van der Waals surface area contributed by atoms with Crippen LogP contribution in [0.15, 0.2) is 65.6 Å². The number of hydrogen-bond acceptors (Lipinski definition) is 3. The van der Waals surface area contributed by atoms with Gasteiger partial charge in [-0.25, -0.2) is 12.7 Å². The van der Waals surface area contributed by atoms with Crippen LogP contribution in [-0.4, -0.2) is 32.7 Å². The largest absolute Gasteiger partial charge is 0.416 e. The van der Waals surface area contributed by atoms with Crippen LogP contribution in [0.5, 0.6) is 0 Å². The predicted octanol–water partition coefficient (Wildman–Crippen LogP) is 5.49. The van der Waals surface area contributed by atoms with Crippen molar-refractivity contribution < 1.29 is 26.4 Å². The van der Waals surface area contributed by atoms with Crippen molar-refractivity contribution in [3.05, 3.63) is 82.9 Å². The van der Waals surface area contributed by atoms with Crippen molar-refractivity contribution in [2.45, 2.75) is 24.9 Å². The molecule has 0 saturated heterocycles. The van der Waals surface area contributed by atoms with Gasteiger partial charge in [-0.3, -0.25) is 4.79 Å². The molecule has 0 bridgehead atoms. The highest BCUT2D eigenvalue weighted by Crippen LogP contribution is 2.32. The van der Waals surface area contributed by atoms with Crippen LogP contribution in [-0.2, 0) is 16.2 Å². The van der Waals surface area contributed by atoms with E-state index >= 15 is 0 Å². The average molecular weight is 477 g/mol. The van der Waals surface area contributed by atoms with Crippen LogP contribution in [0.2, 0.25) is 0 Å². The van der Waals surface area contributed by atoms with Crippen LogP contribution in [0.1, 0.15) is 27.0 Å². The summed E-state index contributed by atoms with van der Waals surface area (Å²) in [4.78, 5) is 13.2. The van der Waals surface area contributed by atoms with Crippen LogP contribution in [0.25, 0.3) is 11.1 Å². The molecule has 3 aromatic rings. The Morgan fingerprint density at radius 1 is 0.939 bits per heavy atom. The number of rotatable bonds is 5. The smallest absolute Gasteiger partial charge is 0.322 e. The maximum atomic E-state index is 13.1. The van der Waals surface area contributed by atoms with Crippen LogP contribution in [0.4, 0.5) is 18.9 Å². The number of nitrogens with one attached hydrogen (secondary N) is 1. The van der Waals surface area contributed by atoms with Crippen molar-refractivity contribution in [1.29, 1.82) is 0 Å². The van der Waals surface area contributed by atoms with Crippen LogP contribution >= 0.6 is 0 Å². The summed E-state index contributed by atoms with van der Waals surface area (Å²) in [7, 11) is -0.877. The number of carbonyl (C=O) groups is 1. The molecular weight excluding hydrogens is 453 g/mol. The van der Waals surface area contributed by atoms with Gasteiger partial charge in [0.25, 0.3) is 5.91 Å². The third kappa shape index (κ3) is 5.09. The molecule has 0 spiro atoms. The molecule has 0 aromatic heterocycles. The first kappa shape index (κ1) is 24.5. The lowest BCUT2D eigenvalue weighted by molar-refractivity contribution is -0.137. The summed E-state index contributed by atoms with van der Waals surface area (Å²) < 4.78 is 64.9. The second kappa shape index (κ2) is 8.99. The number of benzene rings is 3. The molecule has 33 heavy (non-hydrogen) atoms. The second-order valence-corrected chi connectivity index (χ2v) is 9.93. The topological polar surface area (TPSA) is 66.5 Å². The molecule has 0 aliphatic carbocycles. The zero-order valence-electron chi connectivity index (χ0n) is 18.5. The Hall–Kier alpha value is -3.17. The summed E-state index contributed by atoms with van der Waals surface area (Å²) in [6.45, 7) is 3.51. The van der Waals surface area contributed by atoms with Crippen LogP contribution in [0.3, 0.4) is 0 Å². The highest BCUT2D eigenvalue weighted by atomic mass is 32.2. The van der Waals surface area contributed by atoms with E-state index in [0.29, 0.717) is 27.9 Å². The predicted molar refractivity (Wildman–Crippen MR) is 122 cm³/mol. The molecule has 0 radical (unpaired) electrons. The van der Waals surface area contributed by atoms with E-state index in [-0.39, 0.29) is 10.5 Å². The third-order valence-corrected chi connectivity index (χ3v) is 7.16. The lowest BCUT2D eigenvalue weighted by Crippen LogP contribution is -2.23. The summed E-state index contributed by atoms with van der Waals surface area (Å²) >= 11 is 0. The fourth-order valence-corrected chi connectivity index (χ4v) is 4.29. The molecule has 0 fully saturated rings. The third-order valence-electron chi connectivity index (χ3n) is 5.36. The molecule has 0 aliphatic heterocycles. The Labute approximate surface area is 190 Å². The highest BCUT2D eigenvalue weighted by molar-refractivity contribution is 7.89. The zero-order valence-corrected chi connectivity index (χ0v) is 19.3. The van der Waals surface area contributed by atoms with E-state index in [0.717, 1.165) is 16.4 Å². The first-order chi connectivity index (χ1) is 15.3. The quantitative estimate of drug-likeness (QED) is 0.529. The normalized spacial score (nSPS) is 12.1. The van der Waals surface area contributed by atoms with Gasteiger partial charge in [-0.15, -0.1) is 0 Å². The maximum absolute atomic E-state index is 13.1. The van der Waals surface area contributed by atoms with Crippen molar-refractivity contribution in [3.63, 3.8) is 0 Å². The molecule has 0 atom stereocenters. The number of carbonyl (C=O) groups excluding carboxylic acids is 1. The Morgan fingerprint density at radius 2 is 1.55 bits per heavy atom. The average Bonchev–Trinajstić information content (AvgIpc) is 2.76. The number of alkyl halides is 3. The summed E-state index contributed by atoms with van der Waals surface area (Å²) in [5.41, 5.74) is 2.09. The van der Waals surface area contributed by atoms with Gasteiger partial charge in [-0.2, -0.15) is 13.2 Å². The first-order valence-electron chi connectivity index (χ1n) is 9.94. The van der Waals surface area contributed by atoms with E-state index in [1.807, 2.05) is 0 Å². The number of sulfonamides is 1. The molecule has 0 unspecified atom stereocenters. The van der Waals surface area contributed by atoms with Crippen molar-refractivity contribution in [3.8, 4) is 11.1 Å². The Morgan fingerprint density at radius 3 is 2.12 bits per heavy atom. The van der Waals surface area contributed by atoms with Crippen molar-refractivity contribution in [2.24, 2.45) is 0 Å². The van der Waals surface area contributed by atoms with E-state index in [1.165, 1.54) is 38.4 Å². The molecular formula is C24H23F3N2O3S. The Kier molecular flexibility index (Phi) is 6.67. The monoisotopic (exact) mass is 476 g/mol. The van der Waals surface area contributed by atoms with Crippen LogP contribution < -0.4 is 5.32 Å². The number of halogens is 3. The second-order valence-electron chi connectivity index (χ2n) is 7.77. The van der Waals surface area contributed by atoms with Gasteiger partial charge >= 0.3 is 6.18 Å².